The van der Waals surface area contributed by atoms with Gasteiger partial charge in [0.05, 0.1) is 24.6 Å². The summed E-state index contributed by atoms with van der Waals surface area (Å²) in [4.78, 5) is 55.5. The number of esters is 2. The molecule has 1 fully saturated rings. The van der Waals surface area contributed by atoms with Crippen LogP contribution < -0.4 is 15.0 Å². The number of rotatable bonds is 10. The second-order valence-electron chi connectivity index (χ2n) is 16.1. The lowest BCUT2D eigenvalue weighted by atomic mass is 9.61. The zero-order valence-electron chi connectivity index (χ0n) is 34.0. The molecule has 4 bridgehead atoms. The van der Waals surface area contributed by atoms with E-state index in [2.05, 4.69) is 15.6 Å². The Kier molecular flexibility index (Phi) is 11.4. The van der Waals surface area contributed by atoms with Crippen molar-refractivity contribution in [3.8, 4) is 5.75 Å². The van der Waals surface area contributed by atoms with Crippen molar-refractivity contribution >= 4 is 34.9 Å². The molecular formula is C45H51N5O8. The van der Waals surface area contributed by atoms with Gasteiger partial charge in [0.1, 0.15) is 42.1 Å². The summed E-state index contributed by atoms with van der Waals surface area (Å²) in [5, 5.41) is 11.3. The van der Waals surface area contributed by atoms with Crippen LogP contribution in [0.25, 0.3) is 5.57 Å². The monoisotopic (exact) mass is 789 g/mol. The van der Waals surface area contributed by atoms with Gasteiger partial charge in [-0.3, -0.25) is 19.1 Å². The molecule has 2 aliphatic carbocycles. The molecule has 1 amide bonds. The second kappa shape index (κ2) is 16.5. The van der Waals surface area contributed by atoms with Crippen molar-refractivity contribution < 1.29 is 38.1 Å². The number of hydrogen-bond acceptors (Lipinski definition) is 11. The predicted molar refractivity (Wildman–Crippen MR) is 217 cm³/mol. The molecule has 1 saturated heterocycles. The number of Topliss-reactive ketones (excluding diaryl/α,β-unsaturated/α-hetero) is 1. The molecule has 6 aliphatic rings. The van der Waals surface area contributed by atoms with Crippen molar-refractivity contribution in [1.82, 2.24) is 20.3 Å². The highest BCUT2D eigenvalue weighted by Crippen LogP contribution is 2.53. The van der Waals surface area contributed by atoms with Crippen molar-refractivity contribution in [2.45, 2.75) is 84.6 Å². The Morgan fingerprint density at radius 3 is 2.71 bits per heavy atom. The maximum atomic E-state index is 14.2. The number of carbonyl (C=O) groups is 4. The minimum Gasteiger partial charge on any atom is -0.489 e. The molecule has 8 rings (SSSR count). The normalized spacial score (nSPS) is 26.3. The Morgan fingerprint density at radius 1 is 1.10 bits per heavy atom. The molecule has 0 saturated carbocycles. The van der Waals surface area contributed by atoms with E-state index in [9.17, 15) is 19.2 Å². The van der Waals surface area contributed by atoms with Crippen LogP contribution in [0.3, 0.4) is 0 Å². The molecule has 13 heteroatoms. The number of allylic oxidation sites excluding steroid dienone is 4. The van der Waals surface area contributed by atoms with Crippen LogP contribution in [-0.2, 0) is 46.5 Å². The lowest BCUT2D eigenvalue weighted by Gasteiger charge is -2.45. The zero-order chi connectivity index (χ0) is 41.2. The Balaban J connectivity index is 0.950. The number of aryl methyl sites for hydroxylation is 1. The third kappa shape index (κ3) is 8.34. The summed E-state index contributed by atoms with van der Waals surface area (Å²) < 4.78 is 25.4. The van der Waals surface area contributed by atoms with Crippen molar-refractivity contribution in [3.05, 3.63) is 112 Å². The molecule has 4 aliphatic heterocycles. The Labute approximate surface area is 338 Å². The predicted octanol–water partition coefficient (Wildman–Crippen LogP) is 6.05. The Bertz CT molecular complexity index is 2240. The molecule has 5 heterocycles. The number of carbonyl (C=O) groups excluding carboxylic acids is 4. The van der Waals surface area contributed by atoms with E-state index in [-0.39, 0.29) is 60.9 Å². The first-order valence-corrected chi connectivity index (χ1v) is 19.8. The molecular weight excluding hydrogens is 739 g/mol. The van der Waals surface area contributed by atoms with E-state index >= 15 is 0 Å². The summed E-state index contributed by atoms with van der Waals surface area (Å²) in [6.45, 7) is 9.12. The fraction of sp³-hybridized carbons (Fsp3) is 0.422. The van der Waals surface area contributed by atoms with Crippen LogP contribution in [0.5, 0.6) is 5.75 Å². The van der Waals surface area contributed by atoms with Gasteiger partial charge in [0.15, 0.2) is 5.60 Å². The van der Waals surface area contributed by atoms with Crippen LogP contribution in [0.1, 0.15) is 71.1 Å². The highest BCUT2D eigenvalue weighted by molar-refractivity contribution is 6.26. The van der Waals surface area contributed by atoms with Crippen LogP contribution in [0.4, 0.5) is 5.69 Å². The van der Waals surface area contributed by atoms with Crippen molar-refractivity contribution in [2.24, 2.45) is 11.3 Å². The third-order valence-electron chi connectivity index (χ3n) is 11.5. The van der Waals surface area contributed by atoms with Gasteiger partial charge >= 0.3 is 11.9 Å². The van der Waals surface area contributed by atoms with Crippen LogP contribution in [0.2, 0.25) is 0 Å². The van der Waals surface area contributed by atoms with Crippen LogP contribution in [-0.4, -0.2) is 77.6 Å². The highest BCUT2D eigenvalue weighted by atomic mass is 16.6. The standard InChI is InChI=1S/C45H51N5O8/c1-28-9-7-10-35(19-31-12-15-37(56-27-31)41-42(53)45(58-43(41)54)24-30(3)29(2)23-44(45,4)22-28)57-40(52)11-8-17-50-26-33(47-48-50)25-46-39(51)20-32-16-18-55-38-21-34(49(5)6)13-14-36(32)38/h7,9,12-16,19,21-23,26,30,35H,8,10-11,17-18,20,24-25,27H2,1-6H3,(H,46,51)/b9-7?,28-22?,31-19?,41-37+. The third-order valence-corrected chi connectivity index (χ3v) is 11.5. The molecule has 1 N–H and O–H groups in total. The summed E-state index contributed by atoms with van der Waals surface area (Å²) in [7, 11) is 3.94. The quantitative estimate of drug-likeness (QED) is 0.170. The van der Waals surface area contributed by atoms with Crippen LogP contribution in [0.15, 0.2) is 101 Å². The molecule has 0 radical (unpaired) electrons. The number of aromatic nitrogens is 3. The van der Waals surface area contributed by atoms with Crippen LogP contribution in [0, 0.1) is 11.3 Å². The number of ketones is 1. The van der Waals surface area contributed by atoms with Crippen LogP contribution >= 0.6 is 0 Å². The van der Waals surface area contributed by atoms with Gasteiger partial charge in [-0.15, -0.1) is 5.10 Å². The summed E-state index contributed by atoms with van der Waals surface area (Å²) >= 11 is 0. The lowest BCUT2D eigenvalue weighted by Crippen LogP contribution is -2.53. The van der Waals surface area contributed by atoms with Gasteiger partial charge in [0, 0.05) is 57.2 Å². The van der Waals surface area contributed by atoms with Crippen molar-refractivity contribution in [3.63, 3.8) is 0 Å². The summed E-state index contributed by atoms with van der Waals surface area (Å²) in [6.07, 6.45) is 17.9. The molecule has 1 spiro atoms. The zero-order valence-corrected chi connectivity index (χ0v) is 34.0. The van der Waals surface area contributed by atoms with E-state index in [4.69, 9.17) is 18.9 Å². The van der Waals surface area contributed by atoms with Gasteiger partial charge in [-0.25, -0.2) is 4.79 Å². The van der Waals surface area contributed by atoms with Gasteiger partial charge in [0.25, 0.3) is 0 Å². The van der Waals surface area contributed by atoms with Gasteiger partial charge in [-0.05, 0) is 74.6 Å². The number of anilines is 1. The molecule has 2 aromatic rings. The fourth-order valence-electron chi connectivity index (χ4n) is 8.20. The largest absolute Gasteiger partial charge is 0.489 e. The number of amides is 1. The van der Waals surface area contributed by atoms with E-state index in [0.717, 1.165) is 39.3 Å². The molecule has 4 atom stereocenters. The fourth-order valence-corrected chi connectivity index (χ4v) is 8.20. The van der Waals surface area contributed by atoms with E-state index in [1.807, 2.05) is 101 Å². The number of benzene rings is 1. The number of hydrogen-bond donors (Lipinski definition) is 1. The lowest BCUT2D eigenvalue weighted by molar-refractivity contribution is -0.162. The average Bonchev–Trinajstić information content (AvgIpc) is 3.73. The average molecular weight is 790 g/mol. The first kappa shape index (κ1) is 40.2. The van der Waals surface area contributed by atoms with Gasteiger partial charge < -0.3 is 29.2 Å². The molecule has 304 valence electrons. The number of nitrogens with one attached hydrogen (secondary N) is 1. The van der Waals surface area contributed by atoms with E-state index in [1.54, 1.807) is 23.0 Å². The maximum Gasteiger partial charge on any atom is 0.346 e. The Hall–Kier alpha value is -5.98. The number of nitrogens with zero attached hydrogens (tertiary/aromatic N) is 4. The first-order chi connectivity index (χ1) is 27.7. The van der Waals surface area contributed by atoms with Gasteiger partial charge in [-0.1, -0.05) is 53.7 Å². The Morgan fingerprint density at radius 2 is 1.93 bits per heavy atom. The number of ether oxygens (including phenoxy) is 4. The molecule has 13 nitrogen and oxygen atoms in total. The van der Waals surface area contributed by atoms with E-state index in [1.165, 1.54) is 0 Å². The minimum atomic E-state index is -1.38. The van der Waals surface area contributed by atoms with E-state index < -0.39 is 23.1 Å². The SMILES string of the molecule is CC1=CC2(C)C=C(C)C(C)CC23OC(=O)/C(=C2\C=CC(=CC(OC(=O)CCCn4cc(CNC(=O)CC5=CCOc6cc(N(C)C)ccc65)nn4)CC=C1)CO2)C3=O. The number of fused-ring (bicyclic) bond motifs is 6. The van der Waals surface area contributed by atoms with Gasteiger partial charge in [-0.2, -0.15) is 0 Å². The smallest absolute Gasteiger partial charge is 0.346 e. The summed E-state index contributed by atoms with van der Waals surface area (Å²) in [6, 6.07) is 5.96. The van der Waals surface area contributed by atoms with Crippen molar-refractivity contribution in [2.75, 3.05) is 32.2 Å². The summed E-state index contributed by atoms with van der Waals surface area (Å²) in [5.41, 5.74) is 3.86. The minimum absolute atomic E-state index is 0.0462. The van der Waals surface area contributed by atoms with Crippen molar-refractivity contribution in [1.29, 1.82) is 0 Å². The topological polar surface area (TPSA) is 151 Å². The second-order valence-corrected chi connectivity index (χ2v) is 16.1. The molecule has 58 heavy (non-hydrogen) atoms. The van der Waals surface area contributed by atoms with E-state index in [0.29, 0.717) is 38.1 Å². The molecule has 4 unspecified atom stereocenters. The van der Waals surface area contributed by atoms with Gasteiger partial charge in [0.2, 0.25) is 11.7 Å². The summed E-state index contributed by atoms with van der Waals surface area (Å²) in [5.74, 6) is -0.547. The maximum absolute atomic E-state index is 14.2. The first-order valence-electron chi connectivity index (χ1n) is 19.8. The highest BCUT2D eigenvalue weighted by Gasteiger charge is 2.64. The molecule has 1 aromatic heterocycles. The molecule has 1 aromatic carbocycles.